The summed E-state index contributed by atoms with van der Waals surface area (Å²) in [6.45, 7) is 10.0. The topological polar surface area (TPSA) is 21.3 Å². The molecular weight excluding hydrogens is 210 g/mol. The molecule has 1 atom stereocenters. The number of allylic oxidation sites excluding steroid dienone is 1. The van der Waals surface area contributed by atoms with Gasteiger partial charge in [-0.15, -0.1) is 0 Å². The van der Waals surface area contributed by atoms with Crippen molar-refractivity contribution >= 4 is 0 Å². The van der Waals surface area contributed by atoms with Crippen molar-refractivity contribution in [2.45, 2.75) is 33.7 Å². The summed E-state index contributed by atoms with van der Waals surface area (Å²) in [7, 11) is 0. The third kappa shape index (κ3) is 4.61. The van der Waals surface area contributed by atoms with Crippen LogP contribution in [0.1, 0.15) is 39.3 Å². The van der Waals surface area contributed by atoms with Gasteiger partial charge in [-0.2, -0.15) is 0 Å². The van der Waals surface area contributed by atoms with E-state index in [0.29, 0.717) is 12.6 Å². The first-order valence-corrected chi connectivity index (χ1v) is 6.28. The fourth-order valence-electron chi connectivity index (χ4n) is 1.76. The highest BCUT2D eigenvalue weighted by Gasteiger charge is 2.06. The van der Waals surface area contributed by atoms with Gasteiger partial charge in [-0.1, -0.05) is 30.7 Å². The molecule has 0 amide bonds. The largest absolute Gasteiger partial charge is 0.494 e. The summed E-state index contributed by atoms with van der Waals surface area (Å²) in [6.07, 6.45) is 2.25. The van der Waals surface area contributed by atoms with Crippen LogP contribution in [0.3, 0.4) is 0 Å². The van der Waals surface area contributed by atoms with Crippen molar-refractivity contribution in [1.29, 1.82) is 0 Å². The van der Waals surface area contributed by atoms with Crippen molar-refractivity contribution in [2.75, 3.05) is 13.2 Å². The fraction of sp³-hybridized carbons (Fsp3) is 0.467. The maximum Gasteiger partial charge on any atom is 0.119 e. The summed E-state index contributed by atoms with van der Waals surface area (Å²) in [4.78, 5) is 0. The van der Waals surface area contributed by atoms with Gasteiger partial charge in [-0.25, -0.2) is 0 Å². The second-order valence-corrected chi connectivity index (χ2v) is 4.28. The number of nitrogens with one attached hydrogen (secondary N) is 1. The minimum atomic E-state index is 0.292. The van der Waals surface area contributed by atoms with E-state index in [2.05, 4.69) is 44.3 Å². The minimum Gasteiger partial charge on any atom is -0.494 e. The van der Waals surface area contributed by atoms with Gasteiger partial charge < -0.3 is 10.1 Å². The summed E-state index contributed by atoms with van der Waals surface area (Å²) >= 11 is 0. The standard InChI is InChI=1S/C15H23NO/c1-5-16-15(11-12(3)4)13-7-9-14(10-8-13)17-6-2/h7-11,15-16H,5-6H2,1-4H3. The molecule has 1 rings (SSSR count). The van der Waals surface area contributed by atoms with E-state index >= 15 is 0 Å². The van der Waals surface area contributed by atoms with Crippen LogP contribution in [0.15, 0.2) is 35.9 Å². The molecule has 0 saturated heterocycles. The number of hydrogen-bond acceptors (Lipinski definition) is 2. The van der Waals surface area contributed by atoms with Crippen LogP contribution in [0.25, 0.3) is 0 Å². The maximum absolute atomic E-state index is 5.45. The molecule has 0 aliphatic rings. The first kappa shape index (κ1) is 13.8. The Balaban J connectivity index is 2.83. The molecule has 0 bridgehead atoms. The predicted molar refractivity (Wildman–Crippen MR) is 73.5 cm³/mol. The van der Waals surface area contributed by atoms with Gasteiger partial charge in [0.15, 0.2) is 0 Å². The van der Waals surface area contributed by atoms with E-state index in [4.69, 9.17) is 4.74 Å². The second-order valence-electron chi connectivity index (χ2n) is 4.28. The molecule has 0 spiro atoms. The van der Waals surface area contributed by atoms with Crippen LogP contribution in [-0.4, -0.2) is 13.2 Å². The number of rotatable bonds is 6. The SMILES string of the molecule is CCNC(C=C(C)C)c1ccc(OCC)cc1. The van der Waals surface area contributed by atoms with Gasteiger partial charge in [0, 0.05) is 0 Å². The lowest BCUT2D eigenvalue weighted by atomic mass is 10.0. The van der Waals surface area contributed by atoms with E-state index in [-0.39, 0.29) is 0 Å². The number of ether oxygens (including phenoxy) is 1. The van der Waals surface area contributed by atoms with Crippen LogP contribution in [-0.2, 0) is 0 Å². The molecule has 94 valence electrons. The Bertz CT molecular complexity index is 350. The van der Waals surface area contributed by atoms with E-state index in [1.165, 1.54) is 11.1 Å². The van der Waals surface area contributed by atoms with Gasteiger partial charge in [0.05, 0.1) is 12.6 Å². The van der Waals surface area contributed by atoms with Crippen LogP contribution >= 0.6 is 0 Å². The van der Waals surface area contributed by atoms with Crippen LogP contribution < -0.4 is 10.1 Å². The van der Waals surface area contributed by atoms with Crippen LogP contribution in [0.4, 0.5) is 0 Å². The molecule has 1 unspecified atom stereocenters. The quantitative estimate of drug-likeness (QED) is 0.756. The summed E-state index contributed by atoms with van der Waals surface area (Å²) < 4.78 is 5.45. The third-order valence-corrected chi connectivity index (χ3v) is 2.47. The van der Waals surface area contributed by atoms with Crippen molar-refractivity contribution in [3.63, 3.8) is 0 Å². The summed E-state index contributed by atoms with van der Waals surface area (Å²) in [5.74, 6) is 0.934. The molecule has 0 radical (unpaired) electrons. The van der Waals surface area contributed by atoms with E-state index in [1.54, 1.807) is 0 Å². The molecule has 0 saturated carbocycles. The van der Waals surface area contributed by atoms with E-state index < -0.39 is 0 Å². The van der Waals surface area contributed by atoms with Gasteiger partial charge >= 0.3 is 0 Å². The Morgan fingerprint density at radius 1 is 1.24 bits per heavy atom. The Labute approximate surface area is 105 Å². The molecule has 1 aromatic rings. The Morgan fingerprint density at radius 2 is 1.88 bits per heavy atom. The zero-order valence-corrected chi connectivity index (χ0v) is 11.3. The highest BCUT2D eigenvalue weighted by Crippen LogP contribution is 2.20. The first-order chi connectivity index (χ1) is 8.17. The monoisotopic (exact) mass is 233 g/mol. The van der Waals surface area contributed by atoms with Gasteiger partial charge in [-0.3, -0.25) is 0 Å². The van der Waals surface area contributed by atoms with Crippen molar-refractivity contribution in [3.8, 4) is 5.75 Å². The first-order valence-electron chi connectivity index (χ1n) is 6.28. The van der Waals surface area contributed by atoms with Crippen molar-refractivity contribution < 1.29 is 4.74 Å². The zero-order chi connectivity index (χ0) is 12.7. The van der Waals surface area contributed by atoms with Gasteiger partial charge in [-0.05, 0) is 45.0 Å². The van der Waals surface area contributed by atoms with Gasteiger partial charge in [0.2, 0.25) is 0 Å². The molecule has 1 aromatic carbocycles. The average molecular weight is 233 g/mol. The number of likely N-dealkylation sites (N-methyl/N-ethyl adjacent to an activating group) is 1. The number of benzene rings is 1. The second kappa shape index (κ2) is 7.13. The fourth-order valence-corrected chi connectivity index (χ4v) is 1.76. The molecule has 0 aliphatic heterocycles. The maximum atomic E-state index is 5.45. The number of hydrogen-bond donors (Lipinski definition) is 1. The molecule has 1 N–H and O–H groups in total. The lowest BCUT2D eigenvalue weighted by Crippen LogP contribution is -2.19. The lowest BCUT2D eigenvalue weighted by molar-refractivity contribution is 0.340. The molecule has 0 heterocycles. The summed E-state index contributed by atoms with van der Waals surface area (Å²) in [5.41, 5.74) is 2.60. The predicted octanol–water partition coefficient (Wildman–Crippen LogP) is 3.70. The van der Waals surface area contributed by atoms with Crippen LogP contribution in [0, 0.1) is 0 Å². The smallest absolute Gasteiger partial charge is 0.119 e. The van der Waals surface area contributed by atoms with E-state index in [0.717, 1.165) is 12.3 Å². The summed E-state index contributed by atoms with van der Waals surface area (Å²) in [5, 5.41) is 3.46. The van der Waals surface area contributed by atoms with Crippen molar-refractivity contribution in [1.82, 2.24) is 5.32 Å². The Morgan fingerprint density at radius 3 is 2.35 bits per heavy atom. The molecule has 17 heavy (non-hydrogen) atoms. The van der Waals surface area contributed by atoms with Crippen molar-refractivity contribution in [3.05, 3.63) is 41.5 Å². The Hall–Kier alpha value is -1.28. The molecule has 2 nitrogen and oxygen atoms in total. The zero-order valence-electron chi connectivity index (χ0n) is 11.3. The Kier molecular flexibility index (Phi) is 5.78. The van der Waals surface area contributed by atoms with Crippen LogP contribution in [0.5, 0.6) is 5.75 Å². The van der Waals surface area contributed by atoms with Gasteiger partial charge in [0.25, 0.3) is 0 Å². The molecule has 0 aliphatic carbocycles. The normalized spacial score (nSPS) is 12.0. The summed E-state index contributed by atoms with van der Waals surface area (Å²) in [6, 6.07) is 8.60. The highest BCUT2D eigenvalue weighted by molar-refractivity contribution is 5.31. The van der Waals surface area contributed by atoms with E-state index in [9.17, 15) is 0 Å². The third-order valence-electron chi connectivity index (χ3n) is 2.47. The highest BCUT2D eigenvalue weighted by atomic mass is 16.5. The van der Waals surface area contributed by atoms with Crippen LogP contribution in [0.2, 0.25) is 0 Å². The molecule has 0 fully saturated rings. The average Bonchev–Trinajstić information content (AvgIpc) is 2.29. The van der Waals surface area contributed by atoms with E-state index in [1.807, 2.05) is 19.1 Å². The molecule has 2 heteroatoms. The minimum absolute atomic E-state index is 0.292. The molecule has 0 aromatic heterocycles. The lowest BCUT2D eigenvalue weighted by Gasteiger charge is -2.15. The van der Waals surface area contributed by atoms with Crippen molar-refractivity contribution in [2.24, 2.45) is 0 Å². The van der Waals surface area contributed by atoms with Gasteiger partial charge in [0.1, 0.15) is 5.75 Å². The molecular formula is C15H23NO.